The maximum atomic E-state index is 16.1. The zero-order valence-corrected chi connectivity index (χ0v) is 23.5. The number of benzene rings is 1. The number of nitrogens with one attached hydrogen (secondary N) is 1. The smallest absolute Gasteiger partial charge is 0.413 e. The summed E-state index contributed by atoms with van der Waals surface area (Å²) in [5.74, 6) is 0.531. The van der Waals surface area contributed by atoms with Crippen molar-refractivity contribution in [3.05, 3.63) is 43.0 Å². The van der Waals surface area contributed by atoms with Crippen molar-refractivity contribution in [1.82, 2.24) is 24.6 Å². The van der Waals surface area contributed by atoms with E-state index in [4.69, 9.17) is 30.0 Å². The van der Waals surface area contributed by atoms with Gasteiger partial charge in [-0.1, -0.05) is 25.1 Å². The van der Waals surface area contributed by atoms with E-state index in [1.54, 1.807) is 31.2 Å². The van der Waals surface area contributed by atoms with E-state index in [-0.39, 0.29) is 37.7 Å². The SMILES string of the molecule is CC(C)OC[C@H](C)NP(=O)(OC[C@H]1O[C@@H](n2cnc3c(N)ncnc32)C(F)C1(C)CCN)Oc1ccccc1. The molecule has 6 atom stereocenters. The second-order valence-electron chi connectivity index (χ2n) is 10.2. The number of ether oxygens (including phenoxy) is 2. The molecule has 2 aromatic heterocycles. The van der Waals surface area contributed by atoms with Gasteiger partial charge in [-0.05, 0) is 45.9 Å². The van der Waals surface area contributed by atoms with E-state index >= 15 is 4.39 Å². The Balaban J connectivity index is 1.57. The second kappa shape index (κ2) is 12.2. The fourth-order valence-electron chi connectivity index (χ4n) is 4.52. The number of aromatic nitrogens is 4. The molecule has 214 valence electrons. The van der Waals surface area contributed by atoms with Crippen molar-refractivity contribution in [2.24, 2.45) is 11.1 Å². The van der Waals surface area contributed by atoms with E-state index in [1.165, 1.54) is 17.2 Å². The number of fused-ring (bicyclic) bond motifs is 1. The van der Waals surface area contributed by atoms with Crippen LogP contribution in [0.5, 0.6) is 5.75 Å². The van der Waals surface area contributed by atoms with Gasteiger partial charge >= 0.3 is 7.75 Å². The zero-order chi connectivity index (χ0) is 28.2. The van der Waals surface area contributed by atoms with Crippen LogP contribution in [0.15, 0.2) is 43.0 Å². The lowest BCUT2D eigenvalue weighted by atomic mass is 9.78. The molecule has 1 saturated heterocycles. The summed E-state index contributed by atoms with van der Waals surface area (Å²) in [6, 6.07) is 8.30. The second-order valence-corrected chi connectivity index (χ2v) is 11.8. The monoisotopic (exact) mass is 565 g/mol. The molecule has 0 saturated carbocycles. The number of nitrogens with two attached hydrogens (primary N) is 2. The molecule has 0 amide bonds. The van der Waals surface area contributed by atoms with Crippen LogP contribution in [-0.2, 0) is 18.6 Å². The number of halogens is 1. The highest BCUT2D eigenvalue weighted by molar-refractivity contribution is 7.52. The van der Waals surface area contributed by atoms with Crippen LogP contribution >= 0.6 is 7.75 Å². The average Bonchev–Trinajstić information content (AvgIpc) is 3.42. The van der Waals surface area contributed by atoms with Crippen LogP contribution in [0.1, 0.15) is 40.3 Å². The van der Waals surface area contributed by atoms with Gasteiger partial charge in [0.1, 0.15) is 17.6 Å². The molecule has 5 N–H and O–H groups in total. The summed E-state index contributed by atoms with van der Waals surface area (Å²) < 4.78 is 55.1. The van der Waals surface area contributed by atoms with E-state index < -0.39 is 31.7 Å². The summed E-state index contributed by atoms with van der Waals surface area (Å²) >= 11 is 0. The Bertz CT molecular complexity index is 1280. The number of nitrogens with zero attached hydrogens (tertiary/aromatic N) is 4. The highest BCUT2D eigenvalue weighted by Crippen LogP contribution is 2.51. The third kappa shape index (κ3) is 6.56. The molecule has 1 aliphatic heterocycles. The number of rotatable bonds is 13. The summed E-state index contributed by atoms with van der Waals surface area (Å²) in [5.41, 5.74) is 11.4. The van der Waals surface area contributed by atoms with E-state index in [2.05, 4.69) is 20.0 Å². The normalized spacial score (nSPS) is 25.7. The van der Waals surface area contributed by atoms with Crippen molar-refractivity contribution in [2.75, 3.05) is 25.5 Å². The van der Waals surface area contributed by atoms with Crippen LogP contribution in [0.25, 0.3) is 11.2 Å². The predicted octanol–water partition coefficient (Wildman–Crippen LogP) is 3.61. The predicted molar refractivity (Wildman–Crippen MR) is 145 cm³/mol. The zero-order valence-electron chi connectivity index (χ0n) is 22.6. The molecule has 14 heteroatoms. The van der Waals surface area contributed by atoms with Crippen LogP contribution < -0.4 is 21.1 Å². The van der Waals surface area contributed by atoms with E-state index in [0.29, 0.717) is 23.3 Å². The first-order chi connectivity index (χ1) is 18.6. The maximum absolute atomic E-state index is 16.1. The summed E-state index contributed by atoms with van der Waals surface area (Å²) in [5, 5.41) is 2.93. The summed E-state index contributed by atoms with van der Waals surface area (Å²) in [7, 11) is -3.95. The van der Waals surface area contributed by atoms with Gasteiger partial charge in [-0.2, -0.15) is 0 Å². The molecule has 3 unspecified atom stereocenters. The number of alkyl halides is 1. The van der Waals surface area contributed by atoms with Crippen molar-refractivity contribution >= 4 is 24.7 Å². The first-order valence-corrected chi connectivity index (χ1v) is 14.4. The summed E-state index contributed by atoms with van der Waals surface area (Å²) in [6.45, 7) is 7.62. The van der Waals surface area contributed by atoms with Gasteiger partial charge in [0.2, 0.25) is 0 Å². The van der Waals surface area contributed by atoms with Crippen molar-refractivity contribution in [3.63, 3.8) is 0 Å². The Morgan fingerprint density at radius 2 is 1.97 bits per heavy atom. The highest BCUT2D eigenvalue weighted by Gasteiger charge is 2.55. The Morgan fingerprint density at radius 3 is 2.67 bits per heavy atom. The lowest BCUT2D eigenvalue weighted by Crippen LogP contribution is -2.40. The lowest BCUT2D eigenvalue weighted by molar-refractivity contribution is -0.0432. The van der Waals surface area contributed by atoms with Crippen LogP contribution in [-0.4, -0.2) is 63.7 Å². The molecule has 3 heterocycles. The largest absolute Gasteiger partial charge is 0.459 e. The molecule has 1 aromatic carbocycles. The van der Waals surface area contributed by atoms with Crippen LogP contribution in [0.2, 0.25) is 0 Å². The molecular weight excluding hydrogens is 528 g/mol. The molecule has 1 aliphatic rings. The number of nitrogen functional groups attached to an aromatic ring is 1. The molecule has 4 rings (SSSR count). The number of hydrogen-bond donors (Lipinski definition) is 3. The van der Waals surface area contributed by atoms with E-state index in [1.807, 2.05) is 26.8 Å². The molecular formula is C25H37FN7O5P. The van der Waals surface area contributed by atoms with Crippen molar-refractivity contribution in [2.45, 2.75) is 64.8 Å². The Labute approximate surface area is 227 Å². The van der Waals surface area contributed by atoms with E-state index in [0.717, 1.165) is 0 Å². The molecule has 0 radical (unpaired) electrons. The lowest BCUT2D eigenvalue weighted by Gasteiger charge is -2.32. The minimum Gasteiger partial charge on any atom is -0.413 e. The minimum atomic E-state index is -3.95. The number of imidazole rings is 1. The van der Waals surface area contributed by atoms with Crippen LogP contribution in [0, 0.1) is 5.41 Å². The van der Waals surface area contributed by atoms with Gasteiger partial charge < -0.3 is 25.5 Å². The van der Waals surface area contributed by atoms with Gasteiger partial charge in [0.05, 0.1) is 31.7 Å². The Hall–Kier alpha value is -2.67. The van der Waals surface area contributed by atoms with Crippen molar-refractivity contribution in [1.29, 1.82) is 0 Å². The van der Waals surface area contributed by atoms with E-state index in [9.17, 15) is 4.57 Å². The molecule has 1 fully saturated rings. The standard InChI is InChI=1S/C25H37FN7O5P/c1-16(2)35-12-17(3)32-39(34,38-18-8-6-5-7-9-18)36-13-19-25(4,10-11-27)21(26)24(37-19)33-15-31-20-22(28)29-14-30-23(20)33/h5-9,14-17,19,21,24H,10-13,27H2,1-4H3,(H,32,34)(H2,28,29,30)/t17-,19+,21?,24+,25?,39?/m0/s1. The summed E-state index contributed by atoms with van der Waals surface area (Å²) in [6.07, 6.45) is -0.441. The maximum Gasteiger partial charge on any atom is 0.459 e. The molecule has 0 aliphatic carbocycles. The van der Waals surface area contributed by atoms with Gasteiger partial charge in [0, 0.05) is 11.5 Å². The van der Waals surface area contributed by atoms with Gasteiger partial charge in [-0.15, -0.1) is 0 Å². The Kier molecular flexibility index (Phi) is 9.20. The molecule has 12 nitrogen and oxygen atoms in total. The minimum absolute atomic E-state index is 0.00764. The van der Waals surface area contributed by atoms with Gasteiger partial charge in [-0.3, -0.25) is 9.09 Å². The fourth-order valence-corrected chi connectivity index (χ4v) is 6.04. The summed E-state index contributed by atoms with van der Waals surface area (Å²) in [4.78, 5) is 12.4. The van der Waals surface area contributed by atoms with Gasteiger partial charge in [0.15, 0.2) is 23.9 Å². The third-order valence-electron chi connectivity index (χ3n) is 6.69. The first kappa shape index (κ1) is 29.3. The van der Waals surface area contributed by atoms with Crippen molar-refractivity contribution < 1.29 is 27.5 Å². The molecule has 0 bridgehead atoms. The number of hydrogen-bond acceptors (Lipinski definition) is 10. The van der Waals surface area contributed by atoms with Gasteiger partial charge in [-0.25, -0.2) is 29.0 Å². The topological polar surface area (TPSA) is 162 Å². The number of para-hydroxylation sites is 1. The van der Waals surface area contributed by atoms with Crippen molar-refractivity contribution in [3.8, 4) is 5.75 Å². The first-order valence-electron chi connectivity index (χ1n) is 12.9. The molecule has 0 spiro atoms. The van der Waals surface area contributed by atoms with Crippen LogP contribution in [0.4, 0.5) is 10.2 Å². The van der Waals surface area contributed by atoms with Crippen LogP contribution in [0.3, 0.4) is 0 Å². The van der Waals surface area contributed by atoms with Gasteiger partial charge in [0.25, 0.3) is 0 Å². The Morgan fingerprint density at radius 1 is 1.23 bits per heavy atom. The molecule has 39 heavy (non-hydrogen) atoms. The third-order valence-corrected chi connectivity index (χ3v) is 8.38. The fraction of sp³-hybridized carbons (Fsp3) is 0.560. The molecule has 3 aromatic rings. The highest BCUT2D eigenvalue weighted by atomic mass is 31.2. The number of anilines is 1. The quantitative estimate of drug-likeness (QED) is 0.260. The average molecular weight is 566 g/mol.